The second-order valence-electron chi connectivity index (χ2n) is 5.49. The van der Waals surface area contributed by atoms with Crippen molar-refractivity contribution < 1.29 is 0 Å². The van der Waals surface area contributed by atoms with Gasteiger partial charge in [0.25, 0.3) is 0 Å². The summed E-state index contributed by atoms with van der Waals surface area (Å²) in [6.07, 6.45) is 1.83. The number of nitrogens with one attached hydrogen (secondary N) is 1. The molecule has 19 heavy (non-hydrogen) atoms. The fourth-order valence-corrected chi connectivity index (χ4v) is 2.54. The molecule has 0 aliphatic heterocycles. The lowest BCUT2D eigenvalue weighted by molar-refractivity contribution is 0.598. The van der Waals surface area contributed by atoms with Crippen molar-refractivity contribution in [2.45, 2.75) is 46.1 Å². The van der Waals surface area contributed by atoms with E-state index in [4.69, 9.17) is 0 Å². The molecule has 1 N–H and O–H groups in total. The fourth-order valence-electron chi connectivity index (χ4n) is 1.82. The number of rotatable bonds is 4. The summed E-state index contributed by atoms with van der Waals surface area (Å²) >= 11 is 1.65. The molecule has 0 aliphatic carbocycles. The molecule has 0 radical (unpaired) electrons. The Morgan fingerprint density at radius 1 is 1.26 bits per heavy atom. The van der Waals surface area contributed by atoms with Crippen LogP contribution in [0.5, 0.6) is 0 Å². The Labute approximate surface area is 118 Å². The highest BCUT2D eigenvalue weighted by molar-refractivity contribution is 7.09. The maximum Gasteiger partial charge on any atom is 0.133 e. The van der Waals surface area contributed by atoms with Crippen LogP contribution in [-0.4, -0.2) is 15.0 Å². The molecule has 2 heterocycles. The lowest BCUT2D eigenvalue weighted by atomic mass is 10.1. The molecule has 0 atom stereocenters. The van der Waals surface area contributed by atoms with Crippen LogP contribution in [0.2, 0.25) is 0 Å². The zero-order valence-electron chi connectivity index (χ0n) is 12.1. The van der Waals surface area contributed by atoms with E-state index in [9.17, 15) is 0 Å². The highest BCUT2D eigenvalue weighted by Gasteiger charge is 2.24. The molecule has 2 aromatic heterocycles. The maximum absolute atomic E-state index is 4.58. The minimum absolute atomic E-state index is 0.233. The first-order chi connectivity index (χ1) is 8.88. The van der Waals surface area contributed by atoms with Crippen LogP contribution in [0.1, 0.15) is 50.1 Å². The second kappa shape index (κ2) is 5.25. The van der Waals surface area contributed by atoms with E-state index in [1.807, 2.05) is 24.6 Å². The van der Waals surface area contributed by atoms with Gasteiger partial charge in [-0.3, -0.25) is 0 Å². The quantitative estimate of drug-likeness (QED) is 0.924. The van der Waals surface area contributed by atoms with Gasteiger partial charge in [-0.1, -0.05) is 13.8 Å². The topological polar surface area (TPSA) is 50.7 Å². The first kappa shape index (κ1) is 13.9. The van der Waals surface area contributed by atoms with Crippen molar-refractivity contribution >= 4 is 17.2 Å². The summed E-state index contributed by atoms with van der Waals surface area (Å²) in [5.41, 5.74) is 0.750. The average molecular weight is 276 g/mol. The summed E-state index contributed by atoms with van der Waals surface area (Å²) in [6, 6.07) is 1.97. The van der Waals surface area contributed by atoms with Crippen molar-refractivity contribution in [3.63, 3.8) is 0 Å². The van der Waals surface area contributed by atoms with Gasteiger partial charge in [0.05, 0.1) is 5.54 Å². The zero-order valence-corrected chi connectivity index (χ0v) is 12.9. The normalized spacial score (nSPS) is 11.9. The van der Waals surface area contributed by atoms with Gasteiger partial charge >= 0.3 is 0 Å². The van der Waals surface area contributed by atoms with Gasteiger partial charge in [-0.2, -0.15) is 0 Å². The Morgan fingerprint density at radius 2 is 2.00 bits per heavy atom. The molecule has 0 aliphatic rings. The van der Waals surface area contributed by atoms with Crippen molar-refractivity contribution in [3.05, 3.63) is 34.2 Å². The van der Waals surface area contributed by atoms with Crippen molar-refractivity contribution in [3.8, 4) is 0 Å². The minimum Gasteiger partial charge on any atom is -0.359 e. The summed E-state index contributed by atoms with van der Waals surface area (Å²) in [7, 11) is 0. The Kier molecular flexibility index (Phi) is 3.85. The summed E-state index contributed by atoms with van der Waals surface area (Å²) < 4.78 is 0. The molecular formula is C14H20N4S. The van der Waals surface area contributed by atoms with E-state index in [0.29, 0.717) is 5.92 Å². The van der Waals surface area contributed by atoms with Crippen LogP contribution in [0.3, 0.4) is 0 Å². The van der Waals surface area contributed by atoms with Gasteiger partial charge in [-0.05, 0) is 20.8 Å². The number of aryl methyl sites for hydroxylation is 1. The van der Waals surface area contributed by atoms with Crippen LogP contribution in [0.15, 0.2) is 17.6 Å². The number of hydrogen-bond donors (Lipinski definition) is 1. The Morgan fingerprint density at radius 3 is 2.58 bits per heavy atom. The Balaban J connectivity index is 2.28. The third-order valence-electron chi connectivity index (χ3n) is 2.80. The van der Waals surface area contributed by atoms with Crippen LogP contribution >= 0.6 is 11.3 Å². The van der Waals surface area contributed by atoms with Crippen molar-refractivity contribution in [2.24, 2.45) is 0 Å². The van der Waals surface area contributed by atoms with Crippen LogP contribution in [0, 0.1) is 6.92 Å². The number of hydrogen-bond acceptors (Lipinski definition) is 5. The molecule has 0 bridgehead atoms. The maximum atomic E-state index is 4.58. The number of anilines is 1. The summed E-state index contributed by atoms with van der Waals surface area (Å²) in [5.74, 6) is 2.05. The summed E-state index contributed by atoms with van der Waals surface area (Å²) in [4.78, 5) is 13.4. The fraction of sp³-hybridized carbons (Fsp3) is 0.500. The molecule has 0 spiro atoms. The molecular weight excluding hydrogens is 256 g/mol. The monoisotopic (exact) mass is 276 g/mol. The van der Waals surface area contributed by atoms with Crippen molar-refractivity contribution in [2.75, 3.05) is 5.32 Å². The van der Waals surface area contributed by atoms with Gasteiger partial charge in [0.2, 0.25) is 0 Å². The third-order valence-corrected chi connectivity index (χ3v) is 3.89. The number of nitrogens with zero attached hydrogens (tertiary/aromatic N) is 3. The standard InChI is InChI=1S/C14H20N4S/c1-9(2)12-16-10(3)8-11(17-12)18-14(4,5)13-15-6-7-19-13/h6-9H,1-5H3,(H,16,17,18). The molecule has 0 aromatic carbocycles. The molecule has 0 fully saturated rings. The van der Waals surface area contributed by atoms with E-state index >= 15 is 0 Å². The minimum atomic E-state index is -0.233. The molecule has 0 unspecified atom stereocenters. The smallest absolute Gasteiger partial charge is 0.133 e. The van der Waals surface area contributed by atoms with Crippen molar-refractivity contribution in [1.29, 1.82) is 0 Å². The van der Waals surface area contributed by atoms with Crippen molar-refractivity contribution in [1.82, 2.24) is 15.0 Å². The second-order valence-corrected chi connectivity index (χ2v) is 6.39. The van der Waals surface area contributed by atoms with E-state index in [0.717, 1.165) is 22.3 Å². The number of aromatic nitrogens is 3. The van der Waals surface area contributed by atoms with E-state index in [1.165, 1.54) is 0 Å². The first-order valence-corrected chi connectivity index (χ1v) is 7.30. The predicted octanol–water partition coefficient (Wildman–Crippen LogP) is 3.71. The van der Waals surface area contributed by atoms with E-state index in [-0.39, 0.29) is 5.54 Å². The van der Waals surface area contributed by atoms with E-state index < -0.39 is 0 Å². The van der Waals surface area contributed by atoms with Crippen LogP contribution in [0.25, 0.3) is 0 Å². The lowest BCUT2D eigenvalue weighted by Crippen LogP contribution is -2.28. The molecule has 2 aromatic rings. The predicted molar refractivity (Wildman–Crippen MR) is 79.6 cm³/mol. The van der Waals surface area contributed by atoms with Crippen LogP contribution < -0.4 is 5.32 Å². The average Bonchev–Trinajstić information content (AvgIpc) is 2.81. The molecule has 2 rings (SSSR count). The SMILES string of the molecule is Cc1cc(NC(C)(C)c2nccs2)nc(C(C)C)n1. The van der Waals surface area contributed by atoms with Gasteiger partial charge in [-0.15, -0.1) is 11.3 Å². The zero-order chi connectivity index (χ0) is 14.0. The molecule has 5 heteroatoms. The number of thiazole rings is 1. The third kappa shape index (κ3) is 3.29. The van der Waals surface area contributed by atoms with E-state index in [1.54, 1.807) is 11.3 Å². The van der Waals surface area contributed by atoms with Gasteiger partial charge in [0.15, 0.2) is 0 Å². The molecule has 0 saturated heterocycles. The highest BCUT2D eigenvalue weighted by atomic mass is 32.1. The molecule has 102 valence electrons. The lowest BCUT2D eigenvalue weighted by Gasteiger charge is -2.25. The highest BCUT2D eigenvalue weighted by Crippen LogP contribution is 2.27. The van der Waals surface area contributed by atoms with Crippen LogP contribution in [-0.2, 0) is 5.54 Å². The molecule has 4 nitrogen and oxygen atoms in total. The summed E-state index contributed by atoms with van der Waals surface area (Å²) in [5, 5.41) is 6.49. The summed E-state index contributed by atoms with van der Waals surface area (Å²) in [6.45, 7) is 10.4. The van der Waals surface area contributed by atoms with Gasteiger partial charge in [0, 0.05) is 29.3 Å². The molecule has 0 amide bonds. The Hall–Kier alpha value is -1.49. The van der Waals surface area contributed by atoms with Crippen LogP contribution in [0.4, 0.5) is 5.82 Å². The van der Waals surface area contributed by atoms with Gasteiger partial charge in [0.1, 0.15) is 16.6 Å². The first-order valence-electron chi connectivity index (χ1n) is 6.42. The largest absolute Gasteiger partial charge is 0.359 e. The van der Waals surface area contributed by atoms with E-state index in [2.05, 4.69) is 48.0 Å². The molecule has 0 saturated carbocycles. The Bertz CT molecular complexity index is 547. The van der Waals surface area contributed by atoms with Gasteiger partial charge < -0.3 is 5.32 Å². The van der Waals surface area contributed by atoms with Gasteiger partial charge in [-0.25, -0.2) is 15.0 Å².